The van der Waals surface area contributed by atoms with E-state index in [9.17, 15) is 4.79 Å². The van der Waals surface area contributed by atoms with E-state index in [0.717, 1.165) is 21.7 Å². The van der Waals surface area contributed by atoms with Crippen molar-refractivity contribution in [3.8, 4) is 21.7 Å². The van der Waals surface area contributed by atoms with Crippen LogP contribution in [0.1, 0.15) is 16.1 Å². The van der Waals surface area contributed by atoms with Crippen LogP contribution >= 0.6 is 22.9 Å². The minimum absolute atomic E-state index is 0.243. The molecule has 0 aliphatic carbocycles. The third-order valence-corrected chi connectivity index (χ3v) is 5.35. The molecule has 0 spiro atoms. The molecule has 0 saturated heterocycles. The van der Waals surface area contributed by atoms with Gasteiger partial charge in [0.1, 0.15) is 17.0 Å². The Kier molecular flexibility index (Phi) is 4.79. The van der Waals surface area contributed by atoms with Crippen LogP contribution in [-0.2, 0) is 0 Å². The number of aromatic nitrogens is 1. The minimum atomic E-state index is -0.243. The Morgan fingerprint density at radius 2 is 1.81 bits per heavy atom. The lowest BCUT2D eigenvalue weighted by Gasteiger charge is -2.04. The molecular weight excluding hydrogens is 380 g/mol. The maximum Gasteiger partial charge on any atom is 0.261 e. The number of rotatable bonds is 4. The minimum Gasteiger partial charge on any atom is -0.360 e. The molecule has 0 radical (unpaired) electrons. The summed E-state index contributed by atoms with van der Waals surface area (Å²) >= 11 is 7.50. The number of hydrogen-bond acceptors (Lipinski definition) is 4. The molecule has 2 aromatic carbocycles. The summed E-state index contributed by atoms with van der Waals surface area (Å²) < 4.78 is 5.27. The standard InChI is InChI=1S/C21H15ClN2O2S/c1-13-19(20(24-26-13)15-5-3-2-4-6-15)21(25)23-17-11-18(27-12-17)14-7-9-16(22)10-8-14/h2-12H,1H3,(H,23,25). The zero-order chi connectivity index (χ0) is 18.8. The van der Waals surface area contributed by atoms with Crippen LogP contribution in [0.4, 0.5) is 5.69 Å². The molecule has 1 amide bonds. The van der Waals surface area contributed by atoms with Gasteiger partial charge in [0.15, 0.2) is 0 Å². The number of aryl methyl sites for hydroxylation is 1. The molecule has 0 unspecified atom stereocenters. The van der Waals surface area contributed by atoms with Gasteiger partial charge in [-0.15, -0.1) is 11.3 Å². The summed E-state index contributed by atoms with van der Waals surface area (Å²) in [4.78, 5) is 13.9. The highest BCUT2D eigenvalue weighted by molar-refractivity contribution is 7.14. The van der Waals surface area contributed by atoms with Crippen molar-refractivity contribution in [1.82, 2.24) is 5.16 Å². The van der Waals surface area contributed by atoms with E-state index in [1.165, 1.54) is 0 Å². The van der Waals surface area contributed by atoms with Gasteiger partial charge in [0.2, 0.25) is 0 Å². The molecule has 0 atom stereocenters. The van der Waals surface area contributed by atoms with E-state index in [0.29, 0.717) is 22.0 Å². The summed E-state index contributed by atoms with van der Waals surface area (Å²) in [6, 6.07) is 19.1. The maximum atomic E-state index is 12.9. The van der Waals surface area contributed by atoms with Crippen molar-refractivity contribution in [1.29, 1.82) is 0 Å². The van der Waals surface area contributed by atoms with Crippen molar-refractivity contribution in [2.24, 2.45) is 0 Å². The van der Waals surface area contributed by atoms with E-state index in [-0.39, 0.29) is 5.91 Å². The van der Waals surface area contributed by atoms with E-state index in [1.54, 1.807) is 18.3 Å². The van der Waals surface area contributed by atoms with Crippen molar-refractivity contribution in [2.75, 3.05) is 5.32 Å². The van der Waals surface area contributed by atoms with Gasteiger partial charge in [-0.25, -0.2) is 0 Å². The SMILES string of the molecule is Cc1onc(-c2ccccc2)c1C(=O)Nc1csc(-c2ccc(Cl)cc2)c1. The zero-order valence-electron chi connectivity index (χ0n) is 14.4. The van der Waals surface area contributed by atoms with Gasteiger partial charge in [-0.05, 0) is 30.7 Å². The van der Waals surface area contributed by atoms with Gasteiger partial charge < -0.3 is 9.84 Å². The number of nitrogens with zero attached hydrogens (tertiary/aromatic N) is 1. The molecule has 6 heteroatoms. The molecule has 4 rings (SSSR count). The largest absolute Gasteiger partial charge is 0.360 e. The van der Waals surface area contributed by atoms with Crippen LogP contribution in [0.5, 0.6) is 0 Å². The molecule has 0 saturated carbocycles. The Balaban J connectivity index is 1.59. The first kappa shape index (κ1) is 17.5. The fourth-order valence-electron chi connectivity index (χ4n) is 2.79. The number of hydrogen-bond donors (Lipinski definition) is 1. The van der Waals surface area contributed by atoms with Crippen molar-refractivity contribution < 1.29 is 9.32 Å². The lowest BCUT2D eigenvalue weighted by Crippen LogP contribution is -2.12. The van der Waals surface area contributed by atoms with E-state index >= 15 is 0 Å². The van der Waals surface area contributed by atoms with Crippen LogP contribution < -0.4 is 5.32 Å². The average Bonchev–Trinajstić information content (AvgIpc) is 3.30. The third kappa shape index (κ3) is 3.65. The molecule has 27 heavy (non-hydrogen) atoms. The number of amides is 1. The van der Waals surface area contributed by atoms with Crippen LogP contribution in [0.2, 0.25) is 5.02 Å². The van der Waals surface area contributed by atoms with Gasteiger partial charge in [0.25, 0.3) is 5.91 Å². The molecule has 0 fully saturated rings. The molecule has 0 aliphatic rings. The lowest BCUT2D eigenvalue weighted by atomic mass is 10.1. The second-order valence-corrected chi connectivity index (χ2v) is 7.34. The van der Waals surface area contributed by atoms with Gasteiger partial charge in [0, 0.05) is 20.8 Å². The first-order valence-corrected chi connectivity index (χ1v) is 9.55. The molecule has 2 aromatic heterocycles. The average molecular weight is 395 g/mol. The van der Waals surface area contributed by atoms with Crippen molar-refractivity contribution in [3.63, 3.8) is 0 Å². The Hall–Kier alpha value is -2.89. The van der Waals surface area contributed by atoms with Gasteiger partial charge in [0.05, 0.1) is 5.69 Å². The number of halogens is 1. The number of thiophene rings is 1. The highest BCUT2D eigenvalue weighted by Crippen LogP contribution is 2.32. The molecule has 4 nitrogen and oxygen atoms in total. The number of carbonyl (C=O) groups is 1. The first-order valence-electron chi connectivity index (χ1n) is 8.29. The quantitative estimate of drug-likeness (QED) is 0.443. The Labute approximate surface area is 165 Å². The summed E-state index contributed by atoms with van der Waals surface area (Å²) in [6.45, 7) is 1.74. The normalized spacial score (nSPS) is 10.7. The van der Waals surface area contributed by atoms with Gasteiger partial charge >= 0.3 is 0 Å². The second kappa shape index (κ2) is 7.39. The number of anilines is 1. The van der Waals surface area contributed by atoms with E-state index in [1.807, 2.05) is 66.0 Å². The highest BCUT2D eigenvalue weighted by atomic mass is 35.5. The Bertz CT molecular complexity index is 1090. The smallest absolute Gasteiger partial charge is 0.261 e. The molecule has 1 N–H and O–H groups in total. The summed E-state index contributed by atoms with van der Waals surface area (Å²) in [5.74, 6) is 0.243. The van der Waals surface area contributed by atoms with Crippen LogP contribution in [0.3, 0.4) is 0 Å². The van der Waals surface area contributed by atoms with Crippen LogP contribution in [0, 0.1) is 6.92 Å². The van der Waals surface area contributed by atoms with E-state index in [4.69, 9.17) is 16.1 Å². The highest BCUT2D eigenvalue weighted by Gasteiger charge is 2.22. The topological polar surface area (TPSA) is 55.1 Å². The lowest BCUT2D eigenvalue weighted by molar-refractivity contribution is 0.102. The predicted octanol–water partition coefficient (Wildman–Crippen LogP) is 6.28. The monoisotopic (exact) mass is 394 g/mol. The first-order chi connectivity index (χ1) is 13.1. The van der Waals surface area contributed by atoms with Crippen molar-refractivity contribution in [3.05, 3.63) is 82.4 Å². The summed E-state index contributed by atoms with van der Waals surface area (Å²) in [7, 11) is 0. The van der Waals surface area contributed by atoms with Gasteiger partial charge in [-0.2, -0.15) is 0 Å². The van der Waals surface area contributed by atoms with Crippen LogP contribution in [-0.4, -0.2) is 11.1 Å². The van der Waals surface area contributed by atoms with Crippen molar-refractivity contribution in [2.45, 2.75) is 6.92 Å². The molecule has 4 aromatic rings. The Morgan fingerprint density at radius 1 is 1.07 bits per heavy atom. The van der Waals surface area contributed by atoms with Crippen molar-refractivity contribution >= 4 is 34.5 Å². The van der Waals surface area contributed by atoms with Crippen LogP contribution in [0.15, 0.2) is 70.6 Å². The summed E-state index contributed by atoms with van der Waals surface area (Å²) in [5.41, 5.74) is 3.61. The number of nitrogens with one attached hydrogen (secondary N) is 1. The fraction of sp³-hybridized carbons (Fsp3) is 0.0476. The molecule has 134 valence electrons. The predicted molar refractivity (Wildman–Crippen MR) is 109 cm³/mol. The third-order valence-electron chi connectivity index (χ3n) is 4.12. The Morgan fingerprint density at radius 3 is 2.56 bits per heavy atom. The molecular formula is C21H15ClN2O2S. The van der Waals surface area contributed by atoms with Crippen LogP contribution in [0.25, 0.3) is 21.7 Å². The fourth-order valence-corrected chi connectivity index (χ4v) is 3.77. The zero-order valence-corrected chi connectivity index (χ0v) is 16.0. The number of carbonyl (C=O) groups excluding carboxylic acids is 1. The number of benzene rings is 2. The van der Waals surface area contributed by atoms with Gasteiger partial charge in [-0.3, -0.25) is 4.79 Å². The molecule has 0 bridgehead atoms. The molecule has 0 aliphatic heterocycles. The summed E-state index contributed by atoms with van der Waals surface area (Å²) in [6.07, 6.45) is 0. The summed E-state index contributed by atoms with van der Waals surface area (Å²) in [5, 5.41) is 9.61. The van der Waals surface area contributed by atoms with Gasteiger partial charge in [-0.1, -0.05) is 59.2 Å². The maximum absolute atomic E-state index is 12.9. The molecule has 2 heterocycles. The van der Waals surface area contributed by atoms with E-state index < -0.39 is 0 Å². The van der Waals surface area contributed by atoms with E-state index in [2.05, 4.69) is 10.5 Å². The second-order valence-electron chi connectivity index (χ2n) is 5.99.